The van der Waals surface area contributed by atoms with Crippen molar-refractivity contribution in [3.8, 4) is 11.5 Å². The number of β-amino-alcohol motifs (C(OH)–C–C–N with tert-alkyl or cyclic N) is 1. The van der Waals surface area contributed by atoms with Gasteiger partial charge in [-0.1, -0.05) is 12.1 Å². The number of ether oxygens (including phenoxy) is 2. The summed E-state index contributed by atoms with van der Waals surface area (Å²) in [4.78, 5) is 17.6. The Labute approximate surface area is 169 Å². The quantitative estimate of drug-likeness (QED) is 0.640. The Kier molecular flexibility index (Phi) is 5.87. The first-order chi connectivity index (χ1) is 14.1. The SMILES string of the molecule is COc1ccc(OCC(O)CN2CCC(n3c(=O)[nH]c4ccccc43)CC2)cc1. The van der Waals surface area contributed by atoms with Crippen LogP contribution in [0.25, 0.3) is 11.0 Å². The number of methoxy groups -OCH3 is 1. The first-order valence-electron chi connectivity index (χ1n) is 10.0. The van der Waals surface area contributed by atoms with Crippen LogP contribution in [0.2, 0.25) is 0 Å². The van der Waals surface area contributed by atoms with Gasteiger partial charge < -0.3 is 24.5 Å². The van der Waals surface area contributed by atoms with Crippen LogP contribution in [-0.2, 0) is 0 Å². The number of hydrogen-bond acceptors (Lipinski definition) is 5. The molecule has 1 atom stereocenters. The van der Waals surface area contributed by atoms with Gasteiger partial charge in [0.25, 0.3) is 0 Å². The van der Waals surface area contributed by atoms with Gasteiger partial charge >= 0.3 is 5.69 Å². The first kappa shape index (κ1) is 19.5. The smallest absolute Gasteiger partial charge is 0.326 e. The molecule has 7 heteroatoms. The summed E-state index contributed by atoms with van der Waals surface area (Å²) in [6.07, 6.45) is 1.20. The van der Waals surface area contributed by atoms with Crippen molar-refractivity contribution in [2.75, 3.05) is 33.4 Å². The minimum Gasteiger partial charge on any atom is -0.497 e. The number of piperidine rings is 1. The number of imidazole rings is 1. The van der Waals surface area contributed by atoms with E-state index in [9.17, 15) is 9.90 Å². The molecule has 7 nitrogen and oxygen atoms in total. The molecule has 1 unspecified atom stereocenters. The predicted molar refractivity (Wildman–Crippen MR) is 112 cm³/mol. The molecule has 1 aliphatic rings. The molecule has 1 aliphatic heterocycles. The third-order valence-electron chi connectivity index (χ3n) is 5.52. The highest BCUT2D eigenvalue weighted by atomic mass is 16.5. The molecule has 1 saturated heterocycles. The van der Waals surface area contributed by atoms with E-state index < -0.39 is 6.10 Å². The van der Waals surface area contributed by atoms with Gasteiger partial charge in [-0.2, -0.15) is 0 Å². The number of likely N-dealkylation sites (tertiary alicyclic amines) is 1. The lowest BCUT2D eigenvalue weighted by Gasteiger charge is -2.33. The molecule has 1 fully saturated rings. The van der Waals surface area contributed by atoms with Crippen molar-refractivity contribution in [1.29, 1.82) is 0 Å². The Morgan fingerprint density at radius 1 is 1.10 bits per heavy atom. The Morgan fingerprint density at radius 3 is 2.52 bits per heavy atom. The molecular formula is C22H27N3O4. The predicted octanol–water partition coefficient (Wildman–Crippen LogP) is 2.42. The minimum absolute atomic E-state index is 0.0439. The Bertz CT molecular complexity index is 987. The lowest BCUT2D eigenvalue weighted by atomic mass is 10.0. The summed E-state index contributed by atoms with van der Waals surface area (Å²) in [5.74, 6) is 1.48. The monoisotopic (exact) mass is 397 g/mol. The molecule has 154 valence electrons. The van der Waals surface area contributed by atoms with Gasteiger partial charge in [-0.05, 0) is 49.2 Å². The maximum atomic E-state index is 12.4. The van der Waals surface area contributed by atoms with Gasteiger partial charge in [-0.3, -0.25) is 4.57 Å². The molecular weight excluding hydrogens is 370 g/mol. The molecule has 0 radical (unpaired) electrons. The molecule has 1 aromatic heterocycles. The molecule has 0 spiro atoms. The van der Waals surface area contributed by atoms with E-state index in [1.807, 2.05) is 53.1 Å². The lowest BCUT2D eigenvalue weighted by molar-refractivity contribution is 0.0559. The van der Waals surface area contributed by atoms with Gasteiger partial charge in [0.05, 0.1) is 18.1 Å². The molecule has 2 N–H and O–H groups in total. The number of aromatic amines is 1. The van der Waals surface area contributed by atoms with Crippen LogP contribution < -0.4 is 15.2 Å². The second-order valence-electron chi connectivity index (χ2n) is 7.49. The summed E-state index contributed by atoms with van der Waals surface area (Å²) in [6.45, 7) is 2.49. The minimum atomic E-state index is -0.565. The summed E-state index contributed by atoms with van der Waals surface area (Å²) in [5, 5.41) is 10.3. The fraction of sp³-hybridized carbons (Fsp3) is 0.409. The Hall–Kier alpha value is -2.77. The van der Waals surface area contributed by atoms with Gasteiger partial charge in [0, 0.05) is 25.7 Å². The molecule has 0 amide bonds. The maximum absolute atomic E-state index is 12.4. The van der Waals surface area contributed by atoms with Crippen LogP contribution in [0, 0.1) is 0 Å². The number of para-hydroxylation sites is 2. The summed E-state index contributed by atoms with van der Waals surface area (Å²) >= 11 is 0. The number of rotatable bonds is 7. The van der Waals surface area contributed by atoms with E-state index >= 15 is 0 Å². The van der Waals surface area contributed by atoms with E-state index in [-0.39, 0.29) is 18.3 Å². The summed E-state index contributed by atoms with van der Waals surface area (Å²) in [5.41, 5.74) is 1.80. The fourth-order valence-electron chi connectivity index (χ4n) is 4.01. The first-order valence-corrected chi connectivity index (χ1v) is 10.0. The van der Waals surface area contributed by atoms with E-state index in [2.05, 4.69) is 9.88 Å². The van der Waals surface area contributed by atoms with Crippen molar-refractivity contribution < 1.29 is 14.6 Å². The number of fused-ring (bicyclic) bond motifs is 1. The summed E-state index contributed by atoms with van der Waals surface area (Å²) in [7, 11) is 1.62. The van der Waals surface area contributed by atoms with E-state index in [1.54, 1.807) is 7.11 Å². The van der Waals surface area contributed by atoms with E-state index in [4.69, 9.17) is 9.47 Å². The summed E-state index contributed by atoms with van der Waals surface area (Å²) < 4.78 is 12.7. The lowest BCUT2D eigenvalue weighted by Crippen LogP contribution is -2.42. The zero-order valence-electron chi connectivity index (χ0n) is 16.6. The largest absolute Gasteiger partial charge is 0.497 e. The molecule has 3 aromatic rings. The van der Waals surface area contributed by atoms with Crippen molar-refractivity contribution in [3.05, 3.63) is 59.0 Å². The Balaban J connectivity index is 1.28. The van der Waals surface area contributed by atoms with Crippen LogP contribution in [0.4, 0.5) is 0 Å². The van der Waals surface area contributed by atoms with E-state index in [0.29, 0.717) is 12.3 Å². The van der Waals surface area contributed by atoms with Gasteiger partial charge in [0.15, 0.2) is 0 Å². The van der Waals surface area contributed by atoms with Crippen molar-refractivity contribution >= 4 is 11.0 Å². The van der Waals surface area contributed by atoms with Crippen LogP contribution in [0.5, 0.6) is 11.5 Å². The number of H-pyrrole nitrogens is 1. The highest BCUT2D eigenvalue weighted by Gasteiger charge is 2.24. The van der Waals surface area contributed by atoms with Gasteiger partial charge in [-0.15, -0.1) is 0 Å². The molecule has 4 rings (SSSR count). The van der Waals surface area contributed by atoms with Gasteiger partial charge in [0.1, 0.15) is 24.2 Å². The third-order valence-corrected chi connectivity index (χ3v) is 5.52. The van der Waals surface area contributed by atoms with Crippen molar-refractivity contribution in [2.24, 2.45) is 0 Å². The van der Waals surface area contributed by atoms with E-state index in [0.717, 1.165) is 42.7 Å². The second kappa shape index (κ2) is 8.71. The number of aliphatic hydroxyl groups excluding tert-OH is 1. The zero-order chi connectivity index (χ0) is 20.2. The number of hydrogen-bond donors (Lipinski definition) is 2. The summed E-state index contributed by atoms with van der Waals surface area (Å²) in [6, 6.07) is 15.3. The van der Waals surface area contributed by atoms with E-state index in [1.165, 1.54) is 0 Å². The molecule has 0 saturated carbocycles. The molecule has 29 heavy (non-hydrogen) atoms. The normalized spacial score (nSPS) is 16.8. The van der Waals surface area contributed by atoms with Crippen LogP contribution in [0.15, 0.2) is 53.3 Å². The standard InChI is InChI=1S/C22H27N3O4/c1-28-18-6-8-19(9-7-18)29-15-17(26)14-24-12-10-16(11-13-24)25-21-5-3-2-4-20(21)23-22(25)27/h2-9,16-17,26H,10-15H2,1H3,(H,23,27). The van der Waals surface area contributed by atoms with Crippen molar-refractivity contribution in [1.82, 2.24) is 14.5 Å². The van der Waals surface area contributed by atoms with Crippen molar-refractivity contribution in [3.63, 3.8) is 0 Å². The number of aliphatic hydroxyl groups is 1. The van der Waals surface area contributed by atoms with Crippen LogP contribution >= 0.6 is 0 Å². The molecule has 2 heterocycles. The Morgan fingerprint density at radius 2 is 1.79 bits per heavy atom. The maximum Gasteiger partial charge on any atom is 0.326 e. The second-order valence-corrected chi connectivity index (χ2v) is 7.49. The molecule has 2 aromatic carbocycles. The van der Waals surface area contributed by atoms with Crippen LogP contribution in [-0.4, -0.2) is 59.0 Å². The van der Waals surface area contributed by atoms with Crippen LogP contribution in [0.1, 0.15) is 18.9 Å². The third kappa shape index (κ3) is 4.46. The van der Waals surface area contributed by atoms with Gasteiger partial charge in [0.2, 0.25) is 0 Å². The van der Waals surface area contributed by atoms with Crippen LogP contribution in [0.3, 0.4) is 0 Å². The van der Waals surface area contributed by atoms with Crippen molar-refractivity contribution in [2.45, 2.75) is 25.0 Å². The zero-order valence-corrected chi connectivity index (χ0v) is 16.6. The molecule has 0 aliphatic carbocycles. The highest BCUT2D eigenvalue weighted by molar-refractivity contribution is 5.75. The topological polar surface area (TPSA) is 79.7 Å². The number of nitrogens with zero attached hydrogens (tertiary/aromatic N) is 2. The average molecular weight is 397 g/mol. The molecule has 0 bridgehead atoms. The number of nitrogens with one attached hydrogen (secondary N) is 1. The number of aromatic nitrogens is 2. The average Bonchev–Trinajstić information content (AvgIpc) is 3.09. The highest BCUT2D eigenvalue weighted by Crippen LogP contribution is 2.25. The number of benzene rings is 2. The fourth-order valence-corrected chi connectivity index (χ4v) is 4.01. The van der Waals surface area contributed by atoms with Gasteiger partial charge in [-0.25, -0.2) is 4.79 Å².